The first kappa shape index (κ1) is 17.6. The topological polar surface area (TPSA) is 109 Å². The van der Waals surface area contributed by atoms with E-state index in [9.17, 15) is 21.6 Å². The minimum absolute atomic E-state index is 0.0345. The van der Waals surface area contributed by atoms with Gasteiger partial charge in [-0.15, -0.1) is 0 Å². The van der Waals surface area contributed by atoms with E-state index in [4.69, 9.17) is 5.11 Å². The van der Waals surface area contributed by atoms with Crippen LogP contribution in [0.2, 0.25) is 0 Å². The Bertz CT molecular complexity index is 707. The molecule has 9 heteroatoms. The smallest absolute Gasteiger partial charge is 0.303 e. The van der Waals surface area contributed by atoms with Gasteiger partial charge in [-0.25, -0.2) is 21.1 Å². The SMILES string of the molecule is CN(CCCC(=O)O)S(=O)(=O)c1ccc(S(C)(=O)=O)cc1. The van der Waals surface area contributed by atoms with Crippen LogP contribution in [0.4, 0.5) is 0 Å². The van der Waals surface area contributed by atoms with E-state index in [1.165, 1.54) is 31.3 Å². The molecule has 0 bridgehead atoms. The van der Waals surface area contributed by atoms with Crippen LogP contribution in [0, 0.1) is 0 Å². The van der Waals surface area contributed by atoms with Gasteiger partial charge in [0.1, 0.15) is 0 Å². The first-order chi connectivity index (χ1) is 9.55. The fraction of sp³-hybridized carbons (Fsp3) is 0.417. The second kappa shape index (κ2) is 6.54. The normalized spacial score (nSPS) is 12.5. The molecule has 0 heterocycles. The summed E-state index contributed by atoms with van der Waals surface area (Å²) in [5.41, 5.74) is 0. The van der Waals surface area contributed by atoms with Gasteiger partial charge in [-0.1, -0.05) is 0 Å². The highest BCUT2D eigenvalue weighted by atomic mass is 32.2. The van der Waals surface area contributed by atoms with Crippen molar-refractivity contribution in [1.29, 1.82) is 0 Å². The number of benzene rings is 1. The molecule has 0 atom stereocenters. The highest BCUT2D eigenvalue weighted by Crippen LogP contribution is 2.17. The van der Waals surface area contributed by atoms with Gasteiger partial charge < -0.3 is 5.11 Å². The number of aliphatic carboxylic acids is 1. The highest BCUT2D eigenvalue weighted by molar-refractivity contribution is 7.90. The van der Waals surface area contributed by atoms with Crippen LogP contribution in [0.1, 0.15) is 12.8 Å². The van der Waals surface area contributed by atoms with Crippen molar-refractivity contribution in [3.05, 3.63) is 24.3 Å². The van der Waals surface area contributed by atoms with E-state index in [1.54, 1.807) is 0 Å². The van der Waals surface area contributed by atoms with E-state index < -0.39 is 25.8 Å². The van der Waals surface area contributed by atoms with Gasteiger partial charge in [-0.3, -0.25) is 4.79 Å². The first-order valence-corrected chi connectivity index (χ1v) is 9.36. The molecule has 7 nitrogen and oxygen atoms in total. The summed E-state index contributed by atoms with van der Waals surface area (Å²) >= 11 is 0. The zero-order valence-corrected chi connectivity index (χ0v) is 13.3. The third kappa shape index (κ3) is 4.80. The van der Waals surface area contributed by atoms with Crippen molar-refractivity contribution in [2.45, 2.75) is 22.6 Å². The van der Waals surface area contributed by atoms with E-state index in [0.717, 1.165) is 10.6 Å². The summed E-state index contributed by atoms with van der Waals surface area (Å²) in [4.78, 5) is 10.4. The van der Waals surface area contributed by atoms with Gasteiger partial charge in [-0.05, 0) is 30.7 Å². The molecule has 0 amide bonds. The van der Waals surface area contributed by atoms with Gasteiger partial charge in [0.05, 0.1) is 9.79 Å². The largest absolute Gasteiger partial charge is 0.481 e. The number of sulfonamides is 1. The molecule has 21 heavy (non-hydrogen) atoms. The molecule has 0 saturated carbocycles. The predicted octanol–water partition coefficient (Wildman–Crippen LogP) is 0.575. The Morgan fingerprint density at radius 2 is 1.57 bits per heavy atom. The molecule has 1 rings (SSSR count). The van der Waals surface area contributed by atoms with Crippen LogP contribution < -0.4 is 0 Å². The third-order valence-corrected chi connectivity index (χ3v) is 5.82. The molecule has 1 aromatic rings. The average molecular weight is 335 g/mol. The van der Waals surface area contributed by atoms with Crippen LogP contribution in [0.3, 0.4) is 0 Å². The molecule has 0 saturated heterocycles. The summed E-state index contributed by atoms with van der Waals surface area (Å²) in [5.74, 6) is -0.988. The summed E-state index contributed by atoms with van der Waals surface area (Å²) in [6, 6.07) is 4.90. The Balaban J connectivity index is 2.90. The van der Waals surface area contributed by atoms with Crippen LogP contribution in [-0.2, 0) is 24.7 Å². The molecule has 1 N–H and O–H groups in total. The van der Waals surface area contributed by atoms with Crippen molar-refractivity contribution in [2.24, 2.45) is 0 Å². The number of rotatable bonds is 7. The summed E-state index contributed by atoms with van der Waals surface area (Å²) in [6.07, 6.45) is 1.12. The van der Waals surface area contributed by atoms with E-state index in [0.29, 0.717) is 0 Å². The van der Waals surface area contributed by atoms with Crippen LogP contribution in [0.5, 0.6) is 0 Å². The third-order valence-electron chi connectivity index (χ3n) is 2.82. The number of carbonyl (C=O) groups is 1. The minimum Gasteiger partial charge on any atom is -0.481 e. The van der Waals surface area contributed by atoms with E-state index >= 15 is 0 Å². The predicted molar refractivity (Wildman–Crippen MR) is 76.2 cm³/mol. The Kier molecular flexibility index (Phi) is 5.48. The summed E-state index contributed by atoms with van der Waals surface area (Å²) < 4.78 is 48.1. The average Bonchev–Trinajstić information content (AvgIpc) is 2.37. The Morgan fingerprint density at radius 3 is 2.00 bits per heavy atom. The molecule has 1 aromatic carbocycles. The molecule has 0 aliphatic heterocycles. The quantitative estimate of drug-likeness (QED) is 0.780. The molecular formula is C12H17NO6S2. The van der Waals surface area contributed by atoms with Gasteiger partial charge >= 0.3 is 5.97 Å². The second-order valence-corrected chi connectivity index (χ2v) is 8.63. The molecule has 0 aliphatic carbocycles. The lowest BCUT2D eigenvalue weighted by molar-refractivity contribution is -0.137. The monoisotopic (exact) mass is 335 g/mol. The summed E-state index contributed by atoms with van der Waals surface area (Å²) in [7, 11) is -5.79. The molecule has 0 unspecified atom stereocenters. The lowest BCUT2D eigenvalue weighted by atomic mass is 10.3. The van der Waals surface area contributed by atoms with Crippen molar-refractivity contribution < 1.29 is 26.7 Å². The van der Waals surface area contributed by atoms with Crippen LogP contribution in [-0.4, -0.2) is 52.1 Å². The van der Waals surface area contributed by atoms with Gasteiger partial charge in [0.15, 0.2) is 9.84 Å². The number of nitrogens with zero attached hydrogens (tertiary/aromatic N) is 1. The van der Waals surface area contributed by atoms with Gasteiger partial charge in [-0.2, -0.15) is 0 Å². The zero-order chi connectivity index (χ0) is 16.3. The number of sulfone groups is 1. The fourth-order valence-electron chi connectivity index (χ4n) is 1.61. The number of hydrogen-bond acceptors (Lipinski definition) is 5. The Morgan fingerprint density at radius 1 is 1.10 bits per heavy atom. The van der Waals surface area contributed by atoms with Crippen molar-refractivity contribution in [1.82, 2.24) is 4.31 Å². The standard InChI is InChI=1S/C12H17NO6S2/c1-13(9-3-4-12(14)15)21(18,19)11-7-5-10(6-8-11)20(2,16)17/h5-8H,3-4,9H2,1-2H3,(H,14,15). The maximum atomic E-state index is 12.2. The summed E-state index contributed by atoms with van der Waals surface area (Å²) in [6.45, 7) is 0.0719. The minimum atomic E-state index is -3.75. The Hall–Kier alpha value is -1.45. The lowest BCUT2D eigenvalue weighted by Gasteiger charge is -2.16. The molecular weight excluding hydrogens is 318 g/mol. The lowest BCUT2D eigenvalue weighted by Crippen LogP contribution is -2.28. The van der Waals surface area contributed by atoms with Crippen LogP contribution in [0.15, 0.2) is 34.1 Å². The van der Waals surface area contributed by atoms with Gasteiger partial charge in [0.25, 0.3) is 0 Å². The maximum Gasteiger partial charge on any atom is 0.303 e. The van der Waals surface area contributed by atoms with Crippen molar-refractivity contribution in [3.63, 3.8) is 0 Å². The molecule has 0 aromatic heterocycles. The molecule has 0 radical (unpaired) electrons. The maximum absolute atomic E-state index is 12.2. The number of hydrogen-bond donors (Lipinski definition) is 1. The molecule has 118 valence electrons. The van der Waals surface area contributed by atoms with E-state index in [2.05, 4.69) is 0 Å². The van der Waals surface area contributed by atoms with E-state index in [-0.39, 0.29) is 29.2 Å². The Labute approximate surface area is 124 Å². The van der Waals surface area contributed by atoms with E-state index in [1.807, 2.05) is 0 Å². The zero-order valence-electron chi connectivity index (χ0n) is 11.7. The van der Waals surface area contributed by atoms with Gasteiger partial charge in [0, 0.05) is 26.3 Å². The first-order valence-electron chi connectivity index (χ1n) is 6.03. The van der Waals surface area contributed by atoms with Crippen LogP contribution in [0.25, 0.3) is 0 Å². The van der Waals surface area contributed by atoms with Gasteiger partial charge in [0.2, 0.25) is 10.0 Å². The highest BCUT2D eigenvalue weighted by Gasteiger charge is 2.21. The second-order valence-electron chi connectivity index (χ2n) is 4.57. The van der Waals surface area contributed by atoms with Crippen molar-refractivity contribution >= 4 is 25.8 Å². The fourth-order valence-corrected chi connectivity index (χ4v) is 3.45. The summed E-state index contributed by atoms with van der Waals surface area (Å²) in [5, 5.41) is 8.53. The van der Waals surface area contributed by atoms with Crippen molar-refractivity contribution in [3.8, 4) is 0 Å². The molecule has 0 fully saturated rings. The van der Waals surface area contributed by atoms with Crippen LogP contribution >= 0.6 is 0 Å². The number of carboxylic acids is 1. The molecule has 0 aliphatic rings. The van der Waals surface area contributed by atoms with Crippen molar-refractivity contribution in [2.75, 3.05) is 19.8 Å². The molecule has 0 spiro atoms. The number of carboxylic acid groups (broad SMARTS) is 1.